The number of halogens is 2. The molecule has 0 saturated carbocycles. The summed E-state index contributed by atoms with van der Waals surface area (Å²) < 4.78 is 0. The van der Waals surface area contributed by atoms with E-state index in [1.807, 2.05) is 6.07 Å². The lowest BCUT2D eigenvalue weighted by Crippen LogP contribution is -2.06. The van der Waals surface area contributed by atoms with Gasteiger partial charge in [0.2, 0.25) is 6.19 Å². The van der Waals surface area contributed by atoms with Crippen molar-refractivity contribution in [3.8, 4) is 12.3 Å². The molecule has 17 heavy (non-hydrogen) atoms. The first-order valence-electron chi connectivity index (χ1n) is 4.29. The van der Waals surface area contributed by atoms with E-state index < -0.39 is 0 Å². The SMILES string of the molecule is CS/C(=N\C#N)Nc1cc(Cl)c(C#N)c(Cl)c1. The summed E-state index contributed by atoms with van der Waals surface area (Å²) in [7, 11) is 0. The molecule has 0 aliphatic carbocycles. The number of thioether (sulfide) groups is 1. The van der Waals surface area contributed by atoms with E-state index in [-0.39, 0.29) is 15.6 Å². The average molecular weight is 285 g/mol. The molecular formula is C10H6Cl2N4S. The van der Waals surface area contributed by atoms with E-state index in [0.717, 1.165) is 0 Å². The number of hydrogen-bond donors (Lipinski definition) is 1. The normalized spacial score (nSPS) is 10.5. The van der Waals surface area contributed by atoms with Gasteiger partial charge in [-0.15, -0.1) is 4.99 Å². The van der Waals surface area contributed by atoms with Crippen LogP contribution < -0.4 is 5.32 Å². The second-order valence-electron chi connectivity index (χ2n) is 2.77. The molecule has 86 valence electrons. The van der Waals surface area contributed by atoms with Gasteiger partial charge in [0.05, 0.1) is 15.6 Å². The van der Waals surface area contributed by atoms with Gasteiger partial charge in [-0.05, 0) is 18.4 Å². The summed E-state index contributed by atoms with van der Waals surface area (Å²) in [4.78, 5) is 3.56. The highest BCUT2D eigenvalue weighted by Crippen LogP contribution is 2.28. The third-order valence-corrected chi connectivity index (χ3v) is 2.93. The number of nitrogens with one attached hydrogen (secondary N) is 1. The first-order chi connectivity index (χ1) is 8.12. The lowest BCUT2D eigenvalue weighted by Gasteiger charge is -2.08. The Hall–Kier alpha value is -1.40. The van der Waals surface area contributed by atoms with Gasteiger partial charge < -0.3 is 5.32 Å². The van der Waals surface area contributed by atoms with Crippen molar-refractivity contribution in [1.29, 1.82) is 10.5 Å². The maximum absolute atomic E-state index is 8.79. The Morgan fingerprint density at radius 3 is 2.35 bits per heavy atom. The van der Waals surface area contributed by atoms with Gasteiger partial charge in [0.1, 0.15) is 6.07 Å². The molecule has 0 aliphatic heterocycles. The van der Waals surface area contributed by atoms with Crippen molar-refractivity contribution in [3.63, 3.8) is 0 Å². The molecule has 0 heterocycles. The van der Waals surface area contributed by atoms with Gasteiger partial charge in [0, 0.05) is 5.69 Å². The third kappa shape index (κ3) is 3.54. The molecule has 0 spiro atoms. The van der Waals surface area contributed by atoms with Gasteiger partial charge >= 0.3 is 0 Å². The van der Waals surface area contributed by atoms with Gasteiger partial charge in [-0.3, -0.25) is 0 Å². The fraction of sp³-hybridized carbons (Fsp3) is 0.100. The van der Waals surface area contributed by atoms with Crippen molar-refractivity contribution < 1.29 is 0 Å². The molecule has 0 unspecified atom stereocenters. The van der Waals surface area contributed by atoms with E-state index in [2.05, 4.69) is 10.3 Å². The zero-order chi connectivity index (χ0) is 12.8. The van der Waals surface area contributed by atoms with Crippen molar-refractivity contribution in [2.75, 3.05) is 11.6 Å². The predicted molar refractivity (Wildman–Crippen MR) is 71.4 cm³/mol. The summed E-state index contributed by atoms with van der Waals surface area (Å²) in [6.45, 7) is 0. The molecule has 7 heteroatoms. The highest BCUT2D eigenvalue weighted by atomic mass is 35.5. The van der Waals surface area contributed by atoms with Crippen molar-refractivity contribution in [2.45, 2.75) is 0 Å². The van der Waals surface area contributed by atoms with Crippen molar-refractivity contribution in [3.05, 3.63) is 27.7 Å². The van der Waals surface area contributed by atoms with Gasteiger partial charge in [-0.25, -0.2) is 0 Å². The first kappa shape index (κ1) is 13.7. The van der Waals surface area contributed by atoms with E-state index in [1.165, 1.54) is 11.8 Å². The number of aliphatic imine (C=N–C) groups is 1. The van der Waals surface area contributed by atoms with Crippen LogP contribution in [0.25, 0.3) is 0 Å². The number of nitriles is 2. The molecule has 0 bridgehead atoms. The predicted octanol–water partition coefficient (Wildman–Crippen LogP) is 3.48. The molecule has 1 N–H and O–H groups in total. The van der Waals surface area contributed by atoms with Crippen LogP contribution in [0.15, 0.2) is 17.1 Å². The quantitative estimate of drug-likeness (QED) is 0.487. The van der Waals surface area contributed by atoms with E-state index in [1.54, 1.807) is 24.6 Å². The number of anilines is 1. The van der Waals surface area contributed by atoms with E-state index >= 15 is 0 Å². The standard InChI is InChI=1S/C10H6Cl2N4S/c1-17-10(15-5-14)16-6-2-8(11)7(4-13)9(12)3-6/h2-3H,1H3,(H,15,16). The Morgan fingerprint density at radius 2 is 1.94 bits per heavy atom. The Kier molecular flexibility index (Phi) is 5.11. The fourth-order valence-corrected chi connectivity index (χ4v) is 1.97. The van der Waals surface area contributed by atoms with Crippen LogP contribution in [0, 0.1) is 22.8 Å². The number of benzene rings is 1. The van der Waals surface area contributed by atoms with Crippen LogP contribution in [-0.2, 0) is 0 Å². The highest BCUT2D eigenvalue weighted by Gasteiger charge is 2.08. The Bertz CT molecular complexity index is 519. The minimum atomic E-state index is 0.224. The third-order valence-electron chi connectivity index (χ3n) is 1.75. The molecule has 0 atom stereocenters. The van der Waals surface area contributed by atoms with E-state index in [9.17, 15) is 0 Å². The minimum Gasteiger partial charge on any atom is -0.334 e. The molecule has 0 amide bonds. The van der Waals surface area contributed by atoms with E-state index in [0.29, 0.717) is 10.9 Å². The molecule has 1 aromatic carbocycles. The summed E-state index contributed by atoms with van der Waals surface area (Å²) in [5.74, 6) is 0. The summed E-state index contributed by atoms with van der Waals surface area (Å²) in [5, 5.41) is 21.0. The van der Waals surface area contributed by atoms with Crippen LogP contribution in [0.3, 0.4) is 0 Å². The first-order valence-corrected chi connectivity index (χ1v) is 6.27. The molecule has 0 aromatic heterocycles. The summed E-state index contributed by atoms with van der Waals surface area (Å²) >= 11 is 13.0. The zero-order valence-corrected chi connectivity index (χ0v) is 11.0. The molecule has 4 nitrogen and oxygen atoms in total. The molecule has 1 aromatic rings. The lowest BCUT2D eigenvalue weighted by atomic mass is 10.2. The van der Waals surface area contributed by atoms with Crippen molar-refractivity contribution >= 4 is 45.8 Å². The largest absolute Gasteiger partial charge is 0.334 e. The van der Waals surface area contributed by atoms with Gasteiger partial charge in [-0.1, -0.05) is 35.0 Å². The zero-order valence-electron chi connectivity index (χ0n) is 8.66. The molecule has 1 rings (SSSR count). The number of nitrogens with zero attached hydrogens (tertiary/aromatic N) is 3. The second-order valence-corrected chi connectivity index (χ2v) is 4.38. The maximum Gasteiger partial charge on any atom is 0.208 e. The number of hydrogen-bond acceptors (Lipinski definition) is 4. The Balaban J connectivity index is 3.07. The Morgan fingerprint density at radius 1 is 1.35 bits per heavy atom. The summed E-state index contributed by atoms with van der Waals surface area (Å²) in [5.41, 5.74) is 0.796. The Labute approximate surface area is 113 Å². The van der Waals surface area contributed by atoms with Crippen LogP contribution in [-0.4, -0.2) is 11.4 Å². The number of amidine groups is 1. The fourth-order valence-electron chi connectivity index (χ4n) is 1.05. The van der Waals surface area contributed by atoms with Gasteiger partial charge in [0.15, 0.2) is 5.17 Å². The monoisotopic (exact) mass is 284 g/mol. The van der Waals surface area contributed by atoms with Crippen molar-refractivity contribution in [2.24, 2.45) is 4.99 Å². The molecular weight excluding hydrogens is 279 g/mol. The lowest BCUT2D eigenvalue weighted by molar-refractivity contribution is 1.44. The molecule has 0 aliphatic rings. The number of rotatable bonds is 1. The maximum atomic E-state index is 8.79. The smallest absolute Gasteiger partial charge is 0.208 e. The van der Waals surface area contributed by atoms with Crippen LogP contribution in [0.4, 0.5) is 5.69 Å². The van der Waals surface area contributed by atoms with Crippen LogP contribution in [0.5, 0.6) is 0 Å². The minimum absolute atomic E-state index is 0.224. The summed E-state index contributed by atoms with van der Waals surface area (Å²) in [6.07, 6.45) is 3.45. The summed E-state index contributed by atoms with van der Waals surface area (Å²) in [6, 6.07) is 5.01. The molecule has 0 radical (unpaired) electrons. The average Bonchev–Trinajstić information content (AvgIpc) is 2.28. The molecule has 0 saturated heterocycles. The van der Waals surface area contributed by atoms with Crippen molar-refractivity contribution in [1.82, 2.24) is 0 Å². The topological polar surface area (TPSA) is 72.0 Å². The van der Waals surface area contributed by atoms with Crippen LogP contribution in [0.2, 0.25) is 10.0 Å². The highest BCUT2D eigenvalue weighted by molar-refractivity contribution is 8.13. The van der Waals surface area contributed by atoms with Crippen LogP contribution in [0.1, 0.15) is 5.56 Å². The molecule has 0 fully saturated rings. The van der Waals surface area contributed by atoms with Crippen LogP contribution >= 0.6 is 35.0 Å². The second kappa shape index (κ2) is 6.36. The van der Waals surface area contributed by atoms with Gasteiger partial charge in [0.25, 0.3) is 0 Å². The van der Waals surface area contributed by atoms with Gasteiger partial charge in [-0.2, -0.15) is 10.5 Å². The van der Waals surface area contributed by atoms with E-state index in [4.69, 9.17) is 33.7 Å².